The molecule has 0 aromatic carbocycles. The number of ether oxygens (including phenoxy) is 2. The maximum absolute atomic E-state index is 6.01. The Labute approximate surface area is 170 Å². The van der Waals surface area contributed by atoms with Gasteiger partial charge in [0.05, 0.1) is 19.3 Å². The molecule has 2 N–H and O–H groups in total. The van der Waals surface area contributed by atoms with Gasteiger partial charge < -0.3 is 20.1 Å². The molecule has 29 heavy (non-hydrogen) atoms. The van der Waals surface area contributed by atoms with Gasteiger partial charge in [-0.05, 0) is 31.4 Å². The minimum Gasteiger partial charge on any atom is -0.474 e. The molecule has 9 nitrogen and oxygen atoms in total. The van der Waals surface area contributed by atoms with Crippen molar-refractivity contribution in [2.75, 3.05) is 20.3 Å². The zero-order valence-electron chi connectivity index (χ0n) is 17.1. The minimum absolute atomic E-state index is 0.112. The molecule has 4 heterocycles. The van der Waals surface area contributed by atoms with Crippen LogP contribution >= 0.6 is 0 Å². The van der Waals surface area contributed by atoms with E-state index in [0.717, 1.165) is 68.6 Å². The third-order valence-electron chi connectivity index (χ3n) is 5.23. The first kappa shape index (κ1) is 19.6. The number of guanidine groups is 1. The number of aliphatic imine (C=N–C) groups is 1. The lowest BCUT2D eigenvalue weighted by molar-refractivity contribution is 0.0237. The van der Waals surface area contributed by atoms with Crippen LogP contribution in [-0.4, -0.2) is 52.1 Å². The van der Waals surface area contributed by atoms with Crippen molar-refractivity contribution in [3.05, 3.63) is 35.5 Å². The van der Waals surface area contributed by atoms with Crippen LogP contribution < -0.4 is 15.4 Å². The highest BCUT2D eigenvalue weighted by Crippen LogP contribution is 2.23. The Hall–Kier alpha value is -2.68. The molecule has 9 heteroatoms. The van der Waals surface area contributed by atoms with Crippen LogP contribution in [0.4, 0.5) is 0 Å². The number of aryl methyl sites for hydroxylation is 2. The van der Waals surface area contributed by atoms with Crippen LogP contribution in [0.2, 0.25) is 0 Å². The Kier molecular flexibility index (Phi) is 6.24. The fourth-order valence-corrected chi connectivity index (χ4v) is 3.74. The number of nitrogens with zero attached hydrogens (tertiary/aromatic N) is 5. The zero-order chi connectivity index (χ0) is 20.1. The van der Waals surface area contributed by atoms with Crippen LogP contribution in [0.25, 0.3) is 0 Å². The Bertz CT molecular complexity index is 845. The van der Waals surface area contributed by atoms with Gasteiger partial charge in [0.15, 0.2) is 5.96 Å². The topological polar surface area (TPSA) is 98.5 Å². The van der Waals surface area contributed by atoms with E-state index >= 15 is 0 Å². The van der Waals surface area contributed by atoms with Crippen molar-refractivity contribution in [1.82, 2.24) is 30.4 Å². The standard InChI is InChI=1S/C20H29N7O2/c1-14-24-19-17(4-3-9-27(19)26-14)25-20(21-2)23-13-15-5-8-22-18(12-15)29-16-6-10-28-11-7-16/h5,8,12,16-17H,3-4,6-7,9-11,13H2,1-2H3,(H2,21,23,25). The monoisotopic (exact) mass is 399 g/mol. The van der Waals surface area contributed by atoms with E-state index in [4.69, 9.17) is 9.47 Å². The van der Waals surface area contributed by atoms with Crippen molar-refractivity contribution < 1.29 is 9.47 Å². The predicted molar refractivity (Wildman–Crippen MR) is 109 cm³/mol. The van der Waals surface area contributed by atoms with Crippen molar-refractivity contribution in [3.8, 4) is 5.88 Å². The molecule has 2 aliphatic heterocycles. The second-order valence-corrected chi connectivity index (χ2v) is 7.44. The number of hydrogen-bond donors (Lipinski definition) is 2. The fraction of sp³-hybridized carbons (Fsp3) is 0.600. The van der Waals surface area contributed by atoms with Gasteiger partial charge in [0, 0.05) is 45.2 Å². The average Bonchev–Trinajstić information content (AvgIpc) is 3.13. The number of pyridine rings is 1. The van der Waals surface area contributed by atoms with Crippen LogP contribution in [-0.2, 0) is 17.8 Å². The molecule has 4 rings (SSSR count). The summed E-state index contributed by atoms with van der Waals surface area (Å²) in [4.78, 5) is 13.3. The van der Waals surface area contributed by atoms with Gasteiger partial charge in [-0.25, -0.2) is 14.6 Å². The van der Waals surface area contributed by atoms with Gasteiger partial charge in [0.1, 0.15) is 17.8 Å². The molecule has 2 aromatic heterocycles. The normalized spacial score (nSPS) is 20.2. The highest BCUT2D eigenvalue weighted by molar-refractivity contribution is 5.80. The van der Waals surface area contributed by atoms with E-state index in [1.165, 1.54) is 0 Å². The average molecular weight is 399 g/mol. The first-order chi connectivity index (χ1) is 14.2. The summed E-state index contributed by atoms with van der Waals surface area (Å²) in [7, 11) is 1.78. The molecular weight excluding hydrogens is 370 g/mol. The first-order valence-electron chi connectivity index (χ1n) is 10.3. The van der Waals surface area contributed by atoms with Crippen molar-refractivity contribution >= 4 is 5.96 Å². The summed E-state index contributed by atoms with van der Waals surface area (Å²) in [6, 6.07) is 4.08. The van der Waals surface area contributed by atoms with E-state index in [1.807, 2.05) is 23.7 Å². The van der Waals surface area contributed by atoms with Gasteiger partial charge in [0.2, 0.25) is 5.88 Å². The lowest BCUT2D eigenvalue weighted by Crippen LogP contribution is -2.41. The molecule has 0 radical (unpaired) electrons. The molecule has 156 valence electrons. The fourth-order valence-electron chi connectivity index (χ4n) is 3.74. The number of hydrogen-bond acceptors (Lipinski definition) is 6. The molecule has 0 bridgehead atoms. The summed E-state index contributed by atoms with van der Waals surface area (Å²) < 4.78 is 13.4. The van der Waals surface area contributed by atoms with Crippen molar-refractivity contribution in [2.45, 2.75) is 57.8 Å². The van der Waals surface area contributed by atoms with Crippen LogP contribution in [0.3, 0.4) is 0 Å². The molecule has 1 fully saturated rings. The van der Waals surface area contributed by atoms with E-state index < -0.39 is 0 Å². The summed E-state index contributed by atoms with van der Waals surface area (Å²) in [5, 5.41) is 11.3. The molecule has 0 aliphatic carbocycles. The molecule has 2 aliphatic rings. The van der Waals surface area contributed by atoms with E-state index in [2.05, 4.69) is 30.7 Å². The second-order valence-electron chi connectivity index (χ2n) is 7.44. The summed E-state index contributed by atoms with van der Waals surface area (Å²) in [6.45, 7) is 4.99. The molecule has 2 aromatic rings. The largest absolute Gasteiger partial charge is 0.474 e. The lowest BCUT2D eigenvalue weighted by atomic mass is 10.1. The summed E-state index contributed by atoms with van der Waals surface area (Å²) in [5.41, 5.74) is 1.09. The van der Waals surface area contributed by atoms with Crippen LogP contribution in [0.15, 0.2) is 23.3 Å². The first-order valence-corrected chi connectivity index (χ1v) is 10.3. The maximum atomic E-state index is 6.01. The van der Waals surface area contributed by atoms with Crippen molar-refractivity contribution in [2.24, 2.45) is 4.99 Å². The number of fused-ring (bicyclic) bond motifs is 1. The van der Waals surface area contributed by atoms with E-state index in [0.29, 0.717) is 12.4 Å². The summed E-state index contributed by atoms with van der Waals surface area (Å²) >= 11 is 0. The zero-order valence-corrected chi connectivity index (χ0v) is 17.1. The highest BCUT2D eigenvalue weighted by atomic mass is 16.5. The quantitative estimate of drug-likeness (QED) is 0.584. The third kappa shape index (κ3) is 5.03. The molecular formula is C20H29N7O2. The Morgan fingerprint density at radius 1 is 1.34 bits per heavy atom. The van der Waals surface area contributed by atoms with Crippen LogP contribution in [0, 0.1) is 6.92 Å². The third-order valence-corrected chi connectivity index (χ3v) is 5.23. The van der Waals surface area contributed by atoms with Crippen LogP contribution in [0.5, 0.6) is 5.88 Å². The van der Waals surface area contributed by atoms with Gasteiger partial charge in [-0.15, -0.1) is 0 Å². The molecule has 1 saturated heterocycles. The minimum atomic E-state index is 0.112. The summed E-state index contributed by atoms with van der Waals surface area (Å²) in [5.74, 6) is 3.20. The van der Waals surface area contributed by atoms with E-state index in [1.54, 1.807) is 13.2 Å². The Morgan fingerprint density at radius 2 is 2.21 bits per heavy atom. The van der Waals surface area contributed by atoms with Gasteiger partial charge in [-0.3, -0.25) is 4.99 Å². The van der Waals surface area contributed by atoms with Gasteiger partial charge in [-0.1, -0.05) is 0 Å². The number of rotatable bonds is 5. The molecule has 0 spiro atoms. The van der Waals surface area contributed by atoms with E-state index in [-0.39, 0.29) is 12.1 Å². The van der Waals surface area contributed by atoms with Crippen molar-refractivity contribution in [3.63, 3.8) is 0 Å². The SMILES string of the molecule is CN=C(NCc1ccnc(OC2CCOCC2)c1)NC1CCCn2nc(C)nc21. The predicted octanol–water partition coefficient (Wildman–Crippen LogP) is 1.74. The Morgan fingerprint density at radius 3 is 3.03 bits per heavy atom. The Balaban J connectivity index is 1.34. The lowest BCUT2D eigenvalue weighted by Gasteiger charge is -2.25. The number of aromatic nitrogens is 4. The van der Waals surface area contributed by atoms with Gasteiger partial charge in [-0.2, -0.15) is 5.10 Å². The van der Waals surface area contributed by atoms with Gasteiger partial charge in [0.25, 0.3) is 0 Å². The molecule has 0 amide bonds. The molecule has 0 saturated carbocycles. The van der Waals surface area contributed by atoms with Crippen molar-refractivity contribution in [1.29, 1.82) is 0 Å². The molecule has 1 atom stereocenters. The summed E-state index contributed by atoms with van der Waals surface area (Å²) in [6.07, 6.45) is 5.87. The van der Waals surface area contributed by atoms with Crippen LogP contribution in [0.1, 0.15) is 48.9 Å². The van der Waals surface area contributed by atoms with E-state index in [9.17, 15) is 0 Å². The van der Waals surface area contributed by atoms with Gasteiger partial charge >= 0.3 is 0 Å². The second kappa shape index (κ2) is 9.21. The number of nitrogens with one attached hydrogen (secondary N) is 2. The smallest absolute Gasteiger partial charge is 0.213 e. The maximum Gasteiger partial charge on any atom is 0.213 e. The molecule has 1 unspecified atom stereocenters. The highest BCUT2D eigenvalue weighted by Gasteiger charge is 2.24.